The molecule has 0 spiro atoms. The molecule has 0 atom stereocenters. The molecule has 2 rings (SSSR count). The summed E-state index contributed by atoms with van der Waals surface area (Å²) in [5, 5.41) is 3.15. The van der Waals surface area contributed by atoms with Gasteiger partial charge in [-0.1, -0.05) is 0 Å². The van der Waals surface area contributed by atoms with Gasteiger partial charge in [-0.15, -0.1) is 0 Å². The van der Waals surface area contributed by atoms with Crippen LogP contribution in [0.1, 0.15) is 19.8 Å². The minimum absolute atomic E-state index is 0.706. The van der Waals surface area contributed by atoms with Crippen molar-refractivity contribution in [2.75, 3.05) is 37.0 Å². The molecular formula is C13H20N2O. The van der Waals surface area contributed by atoms with Crippen molar-refractivity contribution in [3.05, 3.63) is 18.2 Å². The van der Waals surface area contributed by atoms with Gasteiger partial charge in [0.05, 0.1) is 12.3 Å². The Labute approximate surface area is 97.4 Å². The van der Waals surface area contributed by atoms with Crippen molar-refractivity contribution in [2.24, 2.45) is 0 Å². The Morgan fingerprint density at radius 1 is 1.31 bits per heavy atom. The average molecular weight is 220 g/mol. The highest BCUT2D eigenvalue weighted by atomic mass is 16.5. The van der Waals surface area contributed by atoms with Crippen molar-refractivity contribution in [1.82, 2.24) is 0 Å². The van der Waals surface area contributed by atoms with Gasteiger partial charge in [-0.05, 0) is 31.9 Å². The Balaban J connectivity index is 2.23. The Morgan fingerprint density at radius 2 is 2.06 bits per heavy atom. The maximum atomic E-state index is 5.64. The normalized spacial score (nSPS) is 15.2. The minimum atomic E-state index is 0.706. The van der Waals surface area contributed by atoms with E-state index < -0.39 is 0 Å². The van der Waals surface area contributed by atoms with Gasteiger partial charge in [0, 0.05) is 31.9 Å². The monoisotopic (exact) mass is 220 g/mol. The number of ether oxygens (including phenoxy) is 1. The van der Waals surface area contributed by atoms with Gasteiger partial charge in [-0.2, -0.15) is 0 Å². The summed E-state index contributed by atoms with van der Waals surface area (Å²) < 4.78 is 5.64. The molecule has 16 heavy (non-hydrogen) atoms. The second-order valence-corrected chi connectivity index (χ2v) is 4.06. The van der Waals surface area contributed by atoms with E-state index in [1.54, 1.807) is 0 Å². The number of nitrogens with zero attached hydrogens (tertiary/aromatic N) is 1. The maximum absolute atomic E-state index is 5.64. The summed E-state index contributed by atoms with van der Waals surface area (Å²) in [6, 6.07) is 6.40. The Kier molecular flexibility index (Phi) is 3.54. The number of rotatable bonds is 4. The van der Waals surface area contributed by atoms with E-state index in [2.05, 4.69) is 28.4 Å². The predicted molar refractivity (Wildman–Crippen MR) is 68.6 cm³/mol. The summed E-state index contributed by atoms with van der Waals surface area (Å²) in [5.41, 5.74) is 2.34. The fraction of sp³-hybridized carbons (Fsp3) is 0.538. The first-order valence-electron chi connectivity index (χ1n) is 6.04. The third-order valence-electron chi connectivity index (χ3n) is 3.01. The highest BCUT2D eigenvalue weighted by Gasteiger charge is 2.13. The third kappa shape index (κ3) is 2.23. The van der Waals surface area contributed by atoms with Crippen molar-refractivity contribution in [2.45, 2.75) is 19.8 Å². The smallest absolute Gasteiger partial charge is 0.144 e. The molecule has 3 heteroatoms. The standard InChI is InChI=1S/C13H20N2O/c1-3-16-13-10-11(6-7-12(13)14-2)15-8-4-5-9-15/h6-7,10,14H,3-5,8-9H2,1-2H3. The molecule has 0 aromatic heterocycles. The van der Waals surface area contributed by atoms with Crippen LogP contribution < -0.4 is 15.0 Å². The first kappa shape index (κ1) is 11.1. The molecule has 3 nitrogen and oxygen atoms in total. The number of hydrogen-bond acceptors (Lipinski definition) is 3. The highest BCUT2D eigenvalue weighted by Crippen LogP contribution is 2.31. The van der Waals surface area contributed by atoms with E-state index in [9.17, 15) is 0 Å². The van der Waals surface area contributed by atoms with Gasteiger partial charge in [-0.3, -0.25) is 0 Å². The number of hydrogen-bond donors (Lipinski definition) is 1. The summed E-state index contributed by atoms with van der Waals surface area (Å²) in [6.07, 6.45) is 2.61. The van der Waals surface area contributed by atoms with Crippen LogP contribution in [-0.2, 0) is 0 Å². The van der Waals surface area contributed by atoms with Crippen molar-refractivity contribution in [3.63, 3.8) is 0 Å². The van der Waals surface area contributed by atoms with Crippen molar-refractivity contribution < 1.29 is 4.74 Å². The number of anilines is 2. The van der Waals surface area contributed by atoms with Crippen LogP contribution >= 0.6 is 0 Å². The molecule has 1 aromatic rings. The summed E-state index contributed by atoms with van der Waals surface area (Å²) >= 11 is 0. The fourth-order valence-corrected chi connectivity index (χ4v) is 2.16. The summed E-state index contributed by atoms with van der Waals surface area (Å²) in [6.45, 7) is 5.06. The van der Waals surface area contributed by atoms with Crippen LogP contribution in [0.5, 0.6) is 5.75 Å². The topological polar surface area (TPSA) is 24.5 Å². The van der Waals surface area contributed by atoms with Crippen LogP contribution in [0.2, 0.25) is 0 Å². The van der Waals surface area contributed by atoms with Gasteiger partial charge in [0.2, 0.25) is 0 Å². The van der Waals surface area contributed by atoms with Crippen LogP contribution in [0.15, 0.2) is 18.2 Å². The van der Waals surface area contributed by atoms with Gasteiger partial charge in [-0.25, -0.2) is 0 Å². The molecule has 1 saturated heterocycles. The zero-order chi connectivity index (χ0) is 11.4. The van der Waals surface area contributed by atoms with E-state index in [0.29, 0.717) is 6.61 Å². The Bertz CT molecular complexity index is 346. The third-order valence-corrected chi connectivity index (χ3v) is 3.01. The molecule has 1 aliphatic heterocycles. The van der Waals surface area contributed by atoms with Crippen LogP contribution in [0.3, 0.4) is 0 Å². The van der Waals surface area contributed by atoms with Crippen molar-refractivity contribution in [1.29, 1.82) is 0 Å². The van der Waals surface area contributed by atoms with E-state index in [0.717, 1.165) is 11.4 Å². The first-order valence-corrected chi connectivity index (χ1v) is 6.04. The van der Waals surface area contributed by atoms with Crippen molar-refractivity contribution >= 4 is 11.4 Å². The molecule has 1 N–H and O–H groups in total. The van der Waals surface area contributed by atoms with Crippen LogP contribution in [-0.4, -0.2) is 26.7 Å². The molecule has 1 heterocycles. The van der Waals surface area contributed by atoms with E-state index in [4.69, 9.17) is 4.74 Å². The lowest BCUT2D eigenvalue weighted by Gasteiger charge is -2.19. The molecule has 0 aliphatic carbocycles. The molecular weight excluding hydrogens is 200 g/mol. The van der Waals surface area contributed by atoms with Gasteiger partial charge in [0.1, 0.15) is 5.75 Å². The number of nitrogens with one attached hydrogen (secondary N) is 1. The summed E-state index contributed by atoms with van der Waals surface area (Å²) in [5.74, 6) is 0.953. The predicted octanol–water partition coefficient (Wildman–Crippen LogP) is 2.73. The molecule has 0 unspecified atom stereocenters. The number of benzene rings is 1. The molecule has 0 radical (unpaired) electrons. The highest BCUT2D eigenvalue weighted by molar-refractivity contribution is 5.64. The lowest BCUT2D eigenvalue weighted by atomic mass is 10.2. The zero-order valence-electron chi connectivity index (χ0n) is 10.1. The van der Waals surface area contributed by atoms with E-state index in [1.165, 1.54) is 31.6 Å². The van der Waals surface area contributed by atoms with Gasteiger partial charge < -0.3 is 15.0 Å². The maximum Gasteiger partial charge on any atom is 0.144 e. The Hall–Kier alpha value is -1.38. The van der Waals surface area contributed by atoms with Crippen LogP contribution in [0, 0.1) is 0 Å². The summed E-state index contributed by atoms with van der Waals surface area (Å²) in [4.78, 5) is 2.42. The molecule has 0 amide bonds. The molecule has 0 bridgehead atoms. The summed E-state index contributed by atoms with van der Waals surface area (Å²) in [7, 11) is 1.92. The average Bonchev–Trinajstić information content (AvgIpc) is 2.83. The molecule has 1 fully saturated rings. The molecule has 88 valence electrons. The van der Waals surface area contributed by atoms with E-state index in [1.807, 2.05) is 14.0 Å². The molecule has 1 aliphatic rings. The quantitative estimate of drug-likeness (QED) is 0.844. The van der Waals surface area contributed by atoms with Crippen LogP contribution in [0.4, 0.5) is 11.4 Å². The first-order chi connectivity index (χ1) is 7.85. The second-order valence-electron chi connectivity index (χ2n) is 4.06. The van der Waals surface area contributed by atoms with Gasteiger partial charge >= 0.3 is 0 Å². The molecule has 0 saturated carbocycles. The van der Waals surface area contributed by atoms with Gasteiger partial charge in [0.15, 0.2) is 0 Å². The van der Waals surface area contributed by atoms with Crippen LogP contribution in [0.25, 0.3) is 0 Å². The zero-order valence-corrected chi connectivity index (χ0v) is 10.1. The second kappa shape index (κ2) is 5.10. The van der Waals surface area contributed by atoms with Gasteiger partial charge in [0.25, 0.3) is 0 Å². The fourth-order valence-electron chi connectivity index (χ4n) is 2.16. The minimum Gasteiger partial charge on any atom is -0.492 e. The lowest BCUT2D eigenvalue weighted by Crippen LogP contribution is -2.17. The van der Waals surface area contributed by atoms with E-state index in [-0.39, 0.29) is 0 Å². The van der Waals surface area contributed by atoms with E-state index >= 15 is 0 Å². The SMILES string of the molecule is CCOc1cc(N2CCCC2)ccc1NC. The van der Waals surface area contributed by atoms with Crippen molar-refractivity contribution in [3.8, 4) is 5.75 Å². The lowest BCUT2D eigenvalue weighted by molar-refractivity contribution is 0.342. The largest absolute Gasteiger partial charge is 0.492 e. The molecule has 1 aromatic carbocycles. The Morgan fingerprint density at radius 3 is 2.69 bits per heavy atom.